The molecule has 7 nitrogen and oxygen atoms in total. The van der Waals surface area contributed by atoms with Crippen molar-refractivity contribution in [3.05, 3.63) is 64.3 Å². The second kappa shape index (κ2) is 8.08. The summed E-state index contributed by atoms with van der Waals surface area (Å²) in [6, 6.07) is 9.43. The van der Waals surface area contributed by atoms with E-state index < -0.39 is 0 Å². The van der Waals surface area contributed by atoms with Crippen LogP contribution in [0.1, 0.15) is 11.3 Å². The molecule has 1 aliphatic rings. The molecule has 0 spiro atoms. The number of likely N-dealkylation sites (N-methyl/N-ethyl adjacent to an activating group) is 2. The van der Waals surface area contributed by atoms with Crippen LogP contribution in [0.2, 0.25) is 0 Å². The van der Waals surface area contributed by atoms with Crippen molar-refractivity contribution in [2.24, 2.45) is 0 Å². The minimum Gasteiger partial charge on any atom is -0.467 e. The van der Waals surface area contributed by atoms with Crippen LogP contribution in [0.15, 0.2) is 57.4 Å². The molecule has 0 bridgehead atoms. The fraction of sp³-hybridized carbons (Fsp3) is 0.190. The van der Waals surface area contributed by atoms with E-state index >= 15 is 0 Å². The normalized spacial score (nSPS) is 15.6. The fourth-order valence-corrected chi connectivity index (χ4v) is 3.93. The zero-order valence-electron chi connectivity index (χ0n) is 16.4. The van der Waals surface area contributed by atoms with Crippen LogP contribution in [-0.4, -0.2) is 45.4 Å². The average Bonchev–Trinajstić information content (AvgIpc) is 3.40. The number of aromatic nitrogens is 1. The summed E-state index contributed by atoms with van der Waals surface area (Å²) in [7, 11) is 3.43. The molecular formula is C21H19BrN4O3S. The van der Waals surface area contributed by atoms with Gasteiger partial charge in [0.05, 0.1) is 12.8 Å². The van der Waals surface area contributed by atoms with Gasteiger partial charge in [0.2, 0.25) is 5.91 Å². The Bertz CT molecular complexity index is 1180. The Morgan fingerprint density at radius 2 is 2.07 bits per heavy atom. The van der Waals surface area contributed by atoms with Crippen LogP contribution in [0, 0.1) is 0 Å². The summed E-state index contributed by atoms with van der Waals surface area (Å²) in [5.74, 6) is 0.396. The number of halogens is 1. The van der Waals surface area contributed by atoms with Crippen molar-refractivity contribution in [1.82, 2.24) is 19.7 Å². The lowest BCUT2D eigenvalue weighted by molar-refractivity contribution is -0.122. The van der Waals surface area contributed by atoms with Gasteiger partial charge in [-0.3, -0.25) is 14.5 Å². The maximum absolute atomic E-state index is 12.6. The zero-order chi connectivity index (χ0) is 21.4. The van der Waals surface area contributed by atoms with Crippen LogP contribution in [0.4, 0.5) is 0 Å². The number of nitrogens with zero attached hydrogens (tertiary/aromatic N) is 3. The number of carbonyl (C=O) groups is 2. The third-order valence-corrected chi connectivity index (χ3v) is 6.02. The monoisotopic (exact) mass is 486 g/mol. The van der Waals surface area contributed by atoms with Gasteiger partial charge >= 0.3 is 0 Å². The number of thiocarbonyl (C=S) groups is 1. The quantitative estimate of drug-likeness (QED) is 0.442. The fourth-order valence-electron chi connectivity index (χ4n) is 3.39. The summed E-state index contributed by atoms with van der Waals surface area (Å²) in [6.45, 7) is 0.473. The van der Waals surface area contributed by atoms with E-state index in [1.54, 1.807) is 31.3 Å². The van der Waals surface area contributed by atoms with Gasteiger partial charge in [-0.05, 0) is 48.6 Å². The molecule has 154 valence electrons. The molecule has 2 aromatic heterocycles. The lowest BCUT2D eigenvalue weighted by Crippen LogP contribution is -2.26. The summed E-state index contributed by atoms with van der Waals surface area (Å²) in [5, 5.41) is 4.23. The number of carbonyl (C=O) groups excluding carboxylic acids is 2. The van der Waals surface area contributed by atoms with Gasteiger partial charge in [0.25, 0.3) is 5.91 Å². The number of hydrogen-bond donors (Lipinski definition) is 1. The van der Waals surface area contributed by atoms with Gasteiger partial charge < -0.3 is 19.2 Å². The molecule has 4 rings (SSSR count). The van der Waals surface area contributed by atoms with Gasteiger partial charge in [0.1, 0.15) is 18.0 Å². The predicted octanol–water partition coefficient (Wildman–Crippen LogP) is 3.34. The second-order valence-corrected chi connectivity index (χ2v) is 8.25. The highest BCUT2D eigenvalue weighted by Crippen LogP contribution is 2.29. The average molecular weight is 487 g/mol. The zero-order valence-corrected chi connectivity index (χ0v) is 18.8. The van der Waals surface area contributed by atoms with Crippen molar-refractivity contribution in [3.8, 4) is 0 Å². The molecule has 3 aromatic rings. The Morgan fingerprint density at radius 3 is 2.73 bits per heavy atom. The van der Waals surface area contributed by atoms with Gasteiger partial charge in [-0.25, -0.2) is 0 Å². The van der Waals surface area contributed by atoms with Gasteiger partial charge in [0.15, 0.2) is 5.11 Å². The SMILES string of the molecule is CN1C(=O)/C(=C/c2cn(CC(=O)NCc3ccco3)c3ccc(Br)cc23)N(C)C1=S. The van der Waals surface area contributed by atoms with Gasteiger partial charge in [-0.2, -0.15) is 0 Å². The number of nitrogens with one attached hydrogen (secondary N) is 1. The van der Waals surface area contributed by atoms with Crippen LogP contribution in [0.3, 0.4) is 0 Å². The highest BCUT2D eigenvalue weighted by molar-refractivity contribution is 9.10. The summed E-state index contributed by atoms with van der Waals surface area (Å²) in [6.07, 6.45) is 5.26. The van der Waals surface area contributed by atoms with E-state index in [2.05, 4.69) is 21.2 Å². The highest BCUT2D eigenvalue weighted by Gasteiger charge is 2.33. The van der Waals surface area contributed by atoms with Crippen molar-refractivity contribution in [2.75, 3.05) is 14.1 Å². The van der Waals surface area contributed by atoms with E-state index in [1.807, 2.05) is 41.1 Å². The van der Waals surface area contributed by atoms with E-state index in [1.165, 1.54) is 4.90 Å². The number of furan rings is 1. The van der Waals surface area contributed by atoms with Crippen LogP contribution in [0.5, 0.6) is 0 Å². The highest BCUT2D eigenvalue weighted by atomic mass is 79.9. The molecular weight excluding hydrogens is 468 g/mol. The van der Waals surface area contributed by atoms with Crippen molar-refractivity contribution in [2.45, 2.75) is 13.1 Å². The third kappa shape index (κ3) is 3.78. The summed E-state index contributed by atoms with van der Waals surface area (Å²) in [5.41, 5.74) is 2.21. The molecule has 0 aliphatic carbocycles. The minimum absolute atomic E-state index is 0.139. The molecule has 1 saturated heterocycles. The number of amides is 2. The molecule has 0 atom stereocenters. The van der Waals surface area contributed by atoms with Gasteiger partial charge in [0, 0.05) is 41.2 Å². The molecule has 1 aliphatic heterocycles. The molecule has 0 radical (unpaired) electrons. The largest absolute Gasteiger partial charge is 0.467 e. The Morgan fingerprint density at radius 1 is 1.27 bits per heavy atom. The lowest BCUT2D eigenvalue weighted by Gasteiger charge is -2.10. The maximum atomic E-state index is 12.6. The summed E-state index contributed by atoms with van der Waals surface area (Å²) < 4.78 is 8.03. The molecule has 1 fully saturated rings. The van der Waals surface area contributed by atoms with Crippen LogP contribution in [-0.2, 0) is 22.7 Å². The van der Waals surface area contributed by atoms with Crippen LogP contribution < -0.4 is 5.32 Å². The number of benzene rings is 1. The first-order valence-electron chi connectivity index (χ1n) is 9.20. The predicted molar refractivity (Wildman–Crippen MR) is 121 cm³/mol. The molecule has 3 heterocycles. The summed E-state index contributed by atoms with van der Waals surface area (Å²) >= 11 is 8.80. The van der Waals surface area contributed by atoms with Gasteiger partial charge in [-0.1, -0.05) is 15.9 Å². The Hall–Kier alpha value is -2.91. The topological polar surface area (TPSA) is 70.7 Å². The maximum Gasteiger partial charge on any atom is 0.276 e. The molecule has 0 unspecified atom stereocenters. The standard InChI is InChI=1S/C21H19BrN4O3S/c1-24-18(20(28)25(2)21(24)30)8-13-11-26(17-6-5-14(22)9-16(13)17)12-19(27)23-10-15-4-3-7-29-15/h3-9,11H,10,12H2,1-2H3,(H,23,27)/b18-8-. The van der Waals surface area contributed by atoms with E-state index in [4.69, 9.17) is 16.6 Å². The van der Waals surface area contributed by atoms with Crippen molar-refractivity contribution < 1.29 is 14.0 Å². The van der Waals surface area contributed by atoms with E-state index in [-0.39, 0.29) is 18.4 Å². The summed E-state index contributed by atoms with van der Waals surface area (Å²) in [4.78, 5) is 28.2. The van der Waals surface area contributed by atoms with Gasteiger partial charge in [-0.15, -0.1) is 0 Å². The van der Waals surface area contributed by atoms with Crippen molar-refractivity contribution >= 4 is 62.1 Å². The number of fused-ring (bicyclic) bond motifs is 1. The first-order valence-corrected chi connectivity index (χ1v) is 10.4. The Balaban J connectivity index is 1.65. The number of hydrogen-bond acceptors (Lipinski definition) is 4. The molecule has 30 heavy (non-hydrogen) atoms. The van der Waals surface area contributed by atoms with Crippen LogP contribution >= 0.6 is 28.1 Å². The first kappa shape index (κ1) is 20.4. The second-order valence-electron chi connectivity index (χ2n) is 6.97. The van der Waals surface area contributed by atoms with E-state index in [0.29, 0.717) is 23.1 Å². The molecule has 2 amide bonds. The first-order chi connectivity index (χ1) is 14.3. The van der Waals surface area contributed by atoms with Crippen LogP contribution in [0.25, 0.3) is 17.0 Å². The van der Waals surface area contributed by atoms with E-state index in [0.717, 1.165) is 20.9 Å². The lowest BCUT2D eigenvalue weighted by atomic mass is 10.1. The molecule has 1 N–H and O–H groups in total. The van der Waals surface area contributed by atoms with Crippen molar-refractivity contribution in [3.63, 3.8) is 0 Å². The van der Waals surface area contributed by atoms with E-state index in [9.17, 15) is 9.59 Å². The smallest absolute Gasteiger partial charge is 0.276 e. The molecule has 0 saturated carbocycles. The Labute approximate surface area is 187 Å². The molecule has 9 heteroatoms. The third-order valence-electron chi connectivity index (χ3n) is 4.98. The molecule has 1 aromatic carbocycles. The Kier molecular flexibility index (Phi) is 5.48. The van der Waals surface area contributed by atoms with Crippen molar-refractivity contribution in [1.29, 1.82) is 0 Å². The minimum atomic E-state index is -0.158. The number of rotatable bonds is 5.